The van der Waals surface area contributed by atoms with Crippen molar-refractivity contribution in [2.75, 3.05) is 10.6 Å². The van der Waals surface area contributed by atoms with E-state index in [-0.39, 0.29) is 11.4 Å². The summed E-state index contributed by atoms with van der Waals surface area (Å²) < 4.78 is 6.76. The summed E-state index contributed by atoms with van der Waals surface area (Å²) in [5.74, 6) is 0. The van der Waals surface area contributed by atoms with Crippen LogP contribution in [0.3, 0.4) is 0 Å². The minimum Gasteiger partial charge on any atom is -0.456 e. The lowest BCUT2D eigenvalue weighted by Gasteiger charge is -2.27. The Kier molecular flexibility index (Phi) is 6.88. The summed E-state index contributed by atoms with van der Waals surface area (Å²) >= 11 is 0. The fourth-order valence-electron chi connectivity index (χ4n) is 7.90. The summed E-state index contributed by atoms with van der Waals surface area (Å²) in [7, 11) is 0. The quantitative estimate of drug-likeness (QED) is 0.158. The summed E-state index contributed by atoms with van der Waals surface area (Å²) in [5.41, 5.74) is 18.0. The Labute approximate surface area is 305 Å². The number of allylic oxidation sites excluding steroid dienone is 1. The molecule has 9 aromatic rings. The Morgan fingerprint density at radius 3 is 2.09 bits per heavy atom. The van der Waals surface area contributed by atoms with Gasteiger partial charge in [0.15, 0.2) is 0 Å². The number of furan rings is 1. The average Bonchev–Trinajstić information content (AvgIpc) is 3.56. The standard InChI is InChI=1S/C48H32N4O/c49-35-13-6-12-34(24-35)45-39-15-5-4-10-33(39)26-44-47(45)40-22-21-38(28-43(40)53-44)52(36-14-7-11-32(25-36)29-8-2-1-3-9-29)37-20-18-30-16-17-31-19-23-42(50)48(51)46(31)41(30)27-37/h1-28,50-51H,49H2. The zero-order valence-corrected chi connectivity index (χ0v) is 28.6. The van der Waals surface area contributed by atoms with Gasteiger partial charge >= 0.3 is 0 Å². The number of nitrogens with two attached hydrogens (primary N) is 1. The number of nitrogen functional groups attached to an aromatic ring is 1. The van der Waals surface area contributed by atoms with Gasteiger partial charge in [0.25, 0.3) is 0 Å². The van der Waals surface area contributed by atoms with Crippen molar-refractivity contribution in [1.82, 2.24) is 0 Å². The number of nitrogens with one attached hydrogen (secondary N) is 2. The van der Waals surface area contributed by atoms with E-state index in [9.17, 15) is 0 Å². The SMILES string of the molecule is N=C1C=Cc2ccc3ccc(N(c4cccc(-c5ccccc5)c4)c4ccc5c(c4)oc4cc6ccccc6c(-c6cccc(N)c6)c45)cc3c2C1=N. The third kappa shape index (κ3) is 5.01. The van der Waals surface area contributed by atoms with E-state index in [1.54, 1.807) is 6.08 Å². The predicted molar refractivity (Wildman–Crippen MR) is 222 cm³/mol. The molecule has 0 amide bonds. The molecule has 0 saturated carbocycles. The van der Waals surface area contributed by atoms with Crippen molar-refractivity contribution in [1.29, 1.82) is 10.8 Å². The molecule has 0 atom stereocenters. The molecule has 0 unspecified atom stereocenters. The molecular weight excluding hydrogens is 649 g/mol. The maximum Gasteiger partial charge on any atom is 0.137 e. The van der Waals surface area contributed by atoms with Crippen LogP contribution >= 0.6 is 0 Å². The molecule has 0 aliphatic heterocycles. The molecule has 0 fully saturated rings. The van der Waals surface area contributed by atoms with Gasteiger partial charge in [-0.3, -0.25) is 10.8 Å². The molecule has 1 aliphatic carbocycles. The van der Waals surface area contributed by atoms with Crippen LogP contribution in [-0.4, -0.2) is 11.4 Å². The molecule has 10 rings (SSSR count). The van der Waals surface area contributed by atoms with Crippen LogP contribution in [0.5, 0.6) is 0 Å². The Morgan fingerprint density at radius 1 is 0.472 bits per heavy atom. The summed E-state index contributed by atoms with van der Waals surface area (Å²) in [6, 6.07) is 54.6. The van der Waals surface area contributed by atoms with Gasteiger partial charge in [0.1, 0.15) is 11.2 Å². The molecule has 0 bridgehead atoms. The predicted octanol–water partition coefficient (Wildman–Crippen LogP) is 12.7. The highest BCUT2D eigenvalue weighted by Crippen LogP contribution is 2.45. The van der Waals surface area contributed by atoms with E-state index in [0.29, 0.717) is 5.69 Å². The second kappa shape index (κ2) is 11.9. The molecule has 4 N–H and O–H groups in total. The van der Waals surface area contributed by atoms with Gasteiger partial charge in [0.2, 0.25) is 0 Å². The highest BCUT2D eigenvalue weighted by Gasteiger charge is 2.22. The molecule has 1 aliphatic rings. The molecule has 0 spiro atoms. The zero-order chi connectivity index (χ0) is 35.6. The average molecular weight is 681 g/mol. The fraction of sp³-hybridized carbons (Fsp3) is 0. The van der Waals surface area contributed by atoms with Gasteiger partial charge in [0, 0.05) is 50.7 Å². The first-order chi connectivity index (χ1) is 26.0. The van der Waals surface area contributed by atoms with Gasteiger partial charge in [0.05, 0.1) is 11.4 Å². The zero-order valence-electron chi connectivity index (χ0n) is 28.6. The third-order valence-corrected chi connectivity index (χ3v) is 10.4. The number of fused-ring (bicyclic) bond motifs is 7. The van der Waals surface area contributed by atoms with Crippen molar-refractivity contribution in [2.24, 2.45) is 0 Å². The first-order valence-electron chi connectivity index (χ1n) is 17.6. The lowest BCUT2D eigenvalue weighted by atomic mass is 9.89. The van der Waals surface area contributed by atoms with Crippen molar-refractivity contribution < 1.29 is 4.42 Å². The molecule has 0 radical (unpaired) electrons. The van der Waals surface area contributed by atoms with Gasteiger partial charge in [-0.05, 0) is 104 Å². The van der Waals surface area contributed by atoms with Gasteiger partial charge in [-0.1, -0.05) is 103 Å². The topological polar surface area (TPSA) is 90.1 Å². The third-order valence-electron chi connectivity index (χ3n) is 10.4. The number of benzene rings is 8. The second-order valence-electron chi connectivity index (χ2n) is 13.6. The van der Waals surface area contributed by atoms with Crippen LogP contribution < -0.4 is 10.6 Å². The van der Waals surface area contributed by atoms with Gasteiger partial charge in [-0.25, -0.2) is 0 Å². The molecule has 53 heavy (non-hydrogen) atoms. The lowest BCUT2D eigenvalue weighted by molar-refractivity contribution is 0.669. The van der Waals surface area contributed by atoms with Gasteiger partial charge in [-0.15, -0.1) is 0 Å². The smallest absolute Gasteiger partial charge is 0.137 e. The van der Waals surface area contributed by atoms with Crippen LogP contribution in [0.15, 0.2) is 168 Å². The minimum atomic E-state index is 0.211. The van der Waals surface area contributed by atoms with Crippen molar-refractivity contribution in [3.8, 4) is 22.3 Å². The first kappa shape index (κ1) is 30.6. The molecule has 8 aromatic carbocycles. The van der Waals surface area contributed by atoms with E-state index in [4.69, 9.17) is 21.0 Å². The van der Waals surface area contributed by atoms with E-state index in [0.717, 1.165) is 93.9 Å². The molecule has 5 heteroatoms. The van der Waals surface area contributed by atoms with Crippen molar-refractivity contribution in [3.63, 3.8) is 0 Å². The van der Waals surface area contributed by atoms with E-state index in [1.165, 1.54) is 0 Å². The summed E-state index contributed by atoms with van der Waals surface area (Å²) in [4.78, 5) is 2.25. The fourth-order valence-corrected chi connectivity index (χ4v) is 7.90. The van der Waals surface area contributed by atoms with Crippen LogP contribution in [-0.2, 0) is 0 Å². The highest BCUT2D eigenvalue weighted by molar-refractivity contribution is 6.53. The van der Waals surface area contributed by atoms with Crippen LogP contribution in [0.25, 0.3) is 71.8 Å². The van der Waals surface area contributed by atoms with E-state index < -0.39 is 0 Å². The normalized spacial score (nSPS) is 12.6. The number of rotatable bonds is 5. The summed E-state index contributed by atoms with van der Waals surface area (Å²) in [5, 5.41) is 23.6. The molecule has 1 heterocycles. The number of hydrogen-bond acceptors (Lipinski definition) is 5. The van der Waals surface area contributed by atoms with Crippen LogP contribution in [0.1, 0.15) is 11.1 Å². The second-order valence-corrected chi connectivity index (χ2v) is 13.6. The Morgan fingerprint density at radius 2 is 1.21 bits per heavy atom. The van der Waals surface area contributed by atoms with Crippen LogP contribution in [0, 0.1) is 10.8 Å². The van der Waals surface area contributed by atoms with Crippen molar-refractivity contribution >= 4 is 83.7 Å². The minimum absolute atomic E-state index is 0.211. The molecule has 250 valence electrons. The van der Waals surface area contributed by atoms with Gasteiger partial charge < -0.3 is 15.1 Å². The number of anilines is 4. The maximum atomic E-state index is 8.87. The van der Waals surface area contributed by atoms with Crippen LogP contribution in [0.4, 0.5) is 22.7 Å². The summed E-state index contributed by atoms with van der Waals surface area (Å²) in [6.07, 6.45) is 3.63. The molecule has 5 nitrogen and oxygen atoms in total. The first-order valence-corrected chi connectivity index (χ1v) is 17.6. The molecule has 0 saturated heterocycles. The van der Waals surface area contributed by atoms with E-state index in [2.05, 4.69) is 132 Å². The van der Waals surface area contributed by atoms with E-state index in [1.807, 2.05) is 36.4 Å². The van der Waals surface area contributed by atoms with Crippen molar-refractivity contribution in [2.45, 2.75) is 0 Å². The monoisotopic (exact) mass is 680 g/mol. The number of nitrogens with zero attached hydrogens (tertiary/aromatic N) is 1. The molecular formula is C48H32N4O. The maximum absolute atomic E-state index is 8.87. The highest BCUT2D eigenvalue weighted by atomic mass is 16.3. The Balaban J connectivity index is 1.22. The van der Waals surface area contributed by atoms with Crippen molar-refractivity contribution in [3.05, 3.63) is 175 Å². The number of hydrogen-bond donors (Lipinski definition) is 3. The van der Waals surface area contributed by atoms with Crippen LogP contribution in [0.2, 0.25) is 0 Å². The summed E-state index contributed by atoms with van der Waals surface area (Å²) in [6.45, 7) is 0. The lowest BCUT2D eigenvalue weighted by Crippen LogP contribution is -2.16. The van der Waals surface area contributed by atoms with E-state index >= 15 is 0 Å². The Bertz CT molecular complexity index is 3010. The molecule has 1 aromatic heterocycles. The largest absolute Gasteiger partial charge is 0.456 e. The Hall–Kier alpha value is -7.24. The van der Waals surface area contributed by atoms with Gasteiger partial charge in [-0.2, -0.15) is 0 Å².